The highest BCUT2D eigenvalue weighted by molar-refractivity contribution is 7.90. The number of rotatable bonds is 7. The number of nitrogens with one attached hydrogen (secondary N) is 1. The minimum Gasteiger partial charge on any atom is -0.493 e. The zero-order valence-corrected chi connectivity index (χ0v) is 12.8. The average Bonchev–Trinajstić information content (AvgIpc) is 2.30. The second-order valence-electron chi connectivity index (χ2n) is 4.10. The van der Waals surface area contributed by atoms with E-state index in [4.69, 9.17) is 21.1 Å². The fourth-order valence-electron chi connectivity index (χ4n) is 1.56. The Bertz CT molecular complexity index is 531. The SMILES string of the molecule is CNCc1cc(Cl)cc(OC)c1OCCS(C)(=O)=O. The fourth-order valence-corrected chi connectivity index (χ4v) is 2.17. The Morgan fingerprint density at radius 1 is 1.37 bits per heavy atom. The van der Waals surface area contributed by atoms with Crippen molar-refractivity contribution in [3.05, 3.63) is 22.7 Å². The second kappa shape index (κ2) is 6.98. The third-order valence-corrected chi connectivity index (χ3v) is 3.51. The molecule has 1 aromatic carbocycles. The highest BCUT2D eigenvalue weighted by atomic mass is 35.5. The number of hydrogen-bond acceptors (Lipinski definition) is 5. The van der Waals surface area contributed by atoms with Crippen LogP contribution in [-0.2, 0) is 16.4 Å². The molecule has 0 bridgehead atoms. The number of hydrogen-bond donors (Lipinski definition) is 1. The molecular formula is C12H18ClNO4S. The van der Waals surface area contributed by atoms with Crippen LogP contribution in [0.4, 0.5) is 0 Å². The first-order valence-electron chi connectivity index (χ1n) is 5.69. The molecule has 0 saturated carbocycles. The predicted molar refractivity (Wildman–Crippen MR) is 76.0 cm³/mol. The summed E-state index contributed by atoms with van der Waals surface area (Å²) in [6.45, 7) is 0.624. The van der Waals surface area contributed by atoms with Crippen molar-refractivity contribution in [2.45, 2.75) is 6.54 Å². The van der Waals surface area contributed by atoms with E-state index in [1.165, 1.54) is 13.4 Å². The topological polar surface area (TPSA) is 64.6 Å². The van der Waals surface area contributed by atoms with Gasteiger partial charge >= 0.3 is 0 Å². The zero-order valence-electron chi connectivity index (χ0n) is 11.2. The largest absolute Gasteiger partial charge is 0.493 e. The van der Waals surface area contributed by atoms with Gasteiger partial charge in [-0.2, -0.15) is 0 Å². The third kappa shape index (κ3) is 5.26. The number of halogens is 1. The first-order chi connectivity index (χ1) is 8.87. The van der Waals surface area contributed by atoms with Crippen molar-refractivity contribution in [2.24, 2.45) is 0 Å². The van der Waals surface area contributed by atoms with Crippen LogP contribution in [0.1, 0.15) is 5.56 Å². The number of sulfone groups is 1. The van der Waals surface area contributed by atoms with E-state index in [0.29, 0.717) is 23.1 Å². The molecular weight excluding hydrogens is 290 g/mol. The van der Waals surface area contributed by atoms with E-state index in [2.05, 4.69) is 5.32 Å². The summed E-state index contributed by atoms with van der Waals surface area (Å²) in [6.07, 6.45) is 1.17. The molecule has 0 spiro atoms. The summed E-state index contributed by atoms with van der Waals surface area (Å²) in [5.74, 6) is 0.966. The summed E-state index contributed by atoms with van der Waals surface area (Å²) >= 11 is 5.98. The molecule has 0 radical (unpaired) electrons. The maximum atomic E-state index is 11.1. The Hall–Kier alpha value is -0.980. The van der Waals surface area contributed by atoms with Crippen molar-refractivity contribution >= 4 is 21.4 Å². The average molecular weight is 308 g/mol. The van der Waals surface area contributed by atoms with Gasteiger partial charge in [-0.25, -0.2) is 8.42 Å². The predicted octanol–water partition coefficient (Wildman–Crippen LogP) is 1.49. The van der Waals surface area contributed by atoms with Gasteiger partial charge in [0.05, 0.1) is 12.9 Å². The zero-order chi connectivity index (χ0) is 14.5. The molecule has 19 heavy (non-hydrogen) atoms. The first-order valence-corrected chi connectivity index (χ1v) is 8.12. The van der Waals surface area contributed by atoms with Crippen molar-refractivity contribution in [2.75, 3.05) is 32.8 Å². The number of benzene rings is 1. The van der Waals surface area contributed by atoms with Gasteiger partial charge < -0.3 is 14.8 Å². The lowest BCUT2D eigenvalue weighted by Gasteiger charge is -2.15. The lowest BCUT2D eigenvalue weighted by atomic mass is 10.2. The molecule has 0 aromatic heterocycles. The summed E-state index contributed by atoms with van der Waals surface area (Å²) in [5, 5.41) is 3.54. The molecule has 7 heteroatoms. The molecule has 0 unspecified atom stereocenters. The molecule has 0 aliphatic rings. The van der Waals surface area contributed by atoms with Gasteiger partial charge in [0.15, 0.2) is 21.3 Å². The van der Waals surface area contributed by atoms with Gasteiger partial charge in [0.1, 0.15) is 6.61 Å². The minimum absolute atomic E-state index is 0.0439. The van der Waals surface area contributed by atoms with E-state index in [1.807, 2.05) is 0 Å². The summed E-state index contributed by atoms with van der Waals surface area (Å²) in [4.78, 5) is 0. The maximum Gasteiger partial charge on any atom is 0.165 e. The van der Waals surface area contributed by atoms with Crippen LogP contribution in [0, 0.1) is 0 Å². The van der Waals surface area contributed by atoms with Crippen LogP contribution >= 0.6 is 11.6 Å². The summed E-state index contributed by atoms with van der Waals surface area (Å²) < 4.78 is 32.9. The maximum absolute atomic E-state index is 11.1. The van der Waals surface area contributed by atoms with Crippen LogP contribution < -0.4 is 14.8 Å². The summed E-state index contributed by atoms with van der Waals surface area (Å²) in [7, 11) is 0.257. The Kier molecular flexibility index (Phi) is 5.90. The van der Waals surface area contributed by atoms with Gasteiger partial charge in [-0.1, -0.05) is 11.6 Å². The van der Waals surface area contributed by atoms with Crippen molar-refractivity contribution in [3.63, 3.8) is 0 Å². The molecule has 108 valence electrons. The monoisotopic (exact) mass is 307 g/mol. The van der Waals surface area contributed by atoms with E-state index in [-0.39, 0.29) is 12.4 Å². The van der Waals surface area contributed by atoms with E-state index in [0.717, 1.165) is 5.56 Å². The van der Waals surface area contributed by atoms with Gasteiger partial charge in [-0.3, -0.25) is 0 Å². The molecule has 0 heterocycles. The fraction of sp³-hybridized carbons (Fsp3) is 0.500. The molecule has 1 aromatic rings. The van der Waals surface area contributed by atoms with Crippen LogP contribution in [0.2, 0.25) is 5.02 Å². The lowest BCUT2D eigenvalue weighted by Crippen LogP contribution is -2.14. The van der Waals surface area contributed by atoms with Crippen molar-refractivity contribution in [1.82, 2.24) is 5.32 Å². The van der Waals surface area contributed by atoms with E-state index in [1.54, 1.807) is 19.2 Å². The normalized spacial score (nSPS) is 11.4. The molecule has 0 saturated heterocycles. The van der Waals surface area contributed by atoms with Crippen molar-refractivity contribution in [3.8, 4) is 11.5 Å². The van der Waals surface area contributed by atoms with Crippen LogP contribution in [0.3, 0.4) is 0 Å². The Morgan fingerprint density at radius 2 is 2.05 bits per heavy atom. The smallest absolute Gasteiger partial charge is 0.165 e. The number of ether oxygens (including phenoxy) is 2. The quantitative estimate of drug-likeness (QED) is 0.827. The lowest BCUT2D eigenvalue weighted by molar-refractivity contribution is 0.308. The standard InChI is InChI=1S/C12H18ClNO4S/c1-14-8-9-6-10(13)7-11(17-2)12(9)18-4-5-19(3,15)16/h6-7,14H,4-5,8H2,1-3H3. The Labute approximate surface area is 118 Å². The van der Waals surface area contributed by atoms with Gasteiger partial charge in [0, 0.05) is 29.5 Å². The van der Waals surface area contributed by atoms with Gasteiger partial charge in [-0.15, -0.1) is 0 Å². The highest BCUT2D eigenvalue weighted by Gasteiger charge is 2.13. The summed E-state index contributed by atoms with van der Waals surface area (Å²) in [5.41, 5.74) is 0.820. The molecule has 0 aliphatic heterocycles. The first kappa shape index (κ1) is 16.1. The summed E-state index contributed by atoms with van der Waals surface area (Å²) in [6, 6.07) is 3.40. The molecule has 0 amide bonds. The van der Waals surface area contributed by atoms with Crippen molar-refractivity contribution < 1.29 is 17.9 Å². The van der Waals surface area contributed by atoms with Crippen LogP contribution in [-0.4, -0.2) is 41.2 Å². The molecule has 0 fully saturated rings. The van der Waals surface area contributed by atoms with E-state index < -0.39 is 9.84 Å². The van der Waals surface area contributed by atoms with Gasteiger partial charge in [0.2, 0.25) is 0 Å². The van der Waals surface area contributed by atoms with E-state index in [9.17, 15) is 8.42 Å². The highest BCUT2D eigenvalue weighted by Crippen LogP contribution is 2.34. The molecule has 0 aliphatic carbocycles. The Balaban J connectivity index is 2.95. The minimum atomic E-state index is -3.05. The molecule has 1 N–H and O–H groups in total. The van der Waals surface area contributed by atoms with Crippen LogP contribution in [0.15, 0.2) is 12.1 Å². The Morgan fingerprint density at radius 3 is 2.58 bits per heavy atom. The van der Waals surface area contributed by atoms with Gasteiger partial charge in [0.25, 0.3) is 0 Å². The van der Waals surface area contributed by atoms with E-state index >= 15 is 0 Å². The molecule has 1 rings (SSSR count). The number of methoxy groups -OCH3 is 1. The van der Waals surface area contributed by atoms with Crippen LogP contribution in [0.25, 0.3) is 0 Å². The van der Waals surface area contributed by atoms with Crippen molar-refractivity contribution in [1.29, 1.82) is 0 Å². The van der Waals surface area contributed by atoms with Gasteiger partial charge in [-0.05, 0) is 13.1 Å². The molecule has 5 nitrogen and oxygen atoms in total. The molecule has 0 atom stereocenters. The third-order valence-electron chi connectivity index (χ3n) is 2.38. The van der Waals surface area contributed by atoms with Crippen LogP contribution in [0.5, 0.6) is 11.5 Å². The second-order valence-corrected chi connectivity index (χ2v) is 6.80.